The first kappa shape index (κ1) is 25.4. The minimum atomic E-state index is -3.51. The van der Waals surface area contributed by atoms with E-state index in [1.807, 2.05) is 19.0 Å². The third-order valence-corrected chi connectivity index (χ3v) is 5.50. The maximum atomic E-state index is 12.2. The van der Waals surface area contributed by atoms with Gasteiger partial charge in [0.25, 0.3) is 5.91 Å². The number of carbonyl (C=O) groups excluding carboxylic acids is 1. The average Bonchev–Trinajstić information content (AvgIpc) is 2.53. The first-order valence-electron chi connectivity index (χ1n) is 7.99. The maximum Gasteiger partial charge on any atom is 0.280 e. The third kappa shape index (κ3) is 6.53. The fourth-order valence-corrected chi connectivity index (χ4v) is 3.93. The first-order chi connectivity index (χ1) is 11.6. The molecule has 1 aromatic carbocycles. The summed E-state index contributed by atoms with van der Waals surface area (Å²) in [5.41, 5.74) is 11.2. The summed E-state index contributed by atoms with van der Waals surface area (Å²) < 4.78 is 24.5. The second kappa shape index (κ2) is 10.1. The Kier molecular flexibility index (Phi) is 9.54. The summed E-state index contributed by atoms with van der Waals surface area (Å²) in [6.07, 6.45) is 3.03. The monoisotopic (exact) mass is 439 g/mol. The molecule has 1 aliphatic heterocycles. The molecule has 27 heavy (non-hydrogen) atoms. The van der Waals surface area contributed by atoms with Gasteiger partial charge in [0.1, 0.15) is 0 Å². The second-order valence-electron chi connectivity index (χ2n) is 6.48. The summed E-state index contributed by atoms with van der Waals surface area (Å²) in [7, 11) is 0.583. The van der Waals surface area contributed by atoms with Gasteiger partial charge in [-0.05, 0) is 45.1 Å². The summed E-state index contributed by atoms with van der Waals surface area (Å²) in [5.74, 6) is -1.02. The van der Waals surface area contributed by atoms with Gasteiger partial charge in [-0.25, -0.2) is 8.42 Å². The van der Waals surface area contributed by atoms with Crippen LogP contribution in [0.3, 0.4) is 0 Å². The quantitative estimate of drug-likeness (QED) is 0.526. The molecule has 8 nitrogen and oxygen atoms in total. The zero-order chi connectivity index (χ0) is 18.8. The summed E-state index contributed by atoms with van der Waals surface area (Å²) in [5, 5.41) is 0. The first-order valence-corrected chi connectivity index (χ1v) is 9.88. The molecule has 1 aromatic rings. The van der Waals surface area contributed by atoms with E-state index in [1.54, 1.807) is 12.1 Å². The number of guanidine groups is 1. The molecule has 0 unspecified atom stereocenters. The van der Waals surface area contributed by atoms with Gasteiger partial charge in [0, 0.05) is 31.0 Å². The van der Waals surface area contributed by atoms with E-state index in [2.05, 4.69) is 9.89 Å². The number of rotatable bonds is 4. The van der Waals surface area contributed by atoms with Gasteiger partial charge in [0.15, 0.2) is 15.8 Å². The van der Waals surface area contributed by atoms with Crippen molar-refractivity contribution in [2.45, 2.75) is 23.8 Å². The fraction of sp³-hybridized carbons (Fsp3) is 0.500. The van der Waals surface area contributed by atoms with Crippen molar-refractivity contribution >= 4 is 52.2 Å². The number of nitrogens with two attached hydrogens (primary N) is 2. The standard InChI is InChI=1S/C16H25N5O3S.2ClH/c1-20(2)12-6-8-21(9-7-12)13-5-4-11(15(22)19-16(17)18)10-14(13)25(3,23)24;;/h4-5,10,12H,6-9H2,1-3H3,(H4,17,18,19,22);2*1H. The number of piperidine rings is 1. The van der Waals surface area contributed by atoms with Crippen LogP contribution in [-0.4, -0.2) is 64.7 Å². The molecule has 1 saturated heterocycles. The maximum absolute atomic E-state index is 12.2. The molecule has 11 heteroatoms. The lowest BCUT2D eigenvalue weighted by Gasteiger charge is -2.37. The highest BCUT2D eigenvalue weighted by atomic mass is 35.5. The van der Waals surface area contributed by atoms with Crippen LogP contribution in [0.15, 0.2) is 28.1 Å². The van der Waals surface area contributed by atoms with Crippen LogP contribution in [-0.2, 0) is 9.84 Å². The van der Waals surface area contributed by atoms with Crippen LogP contribution in [0.1, 0.15) is 23.2 Å². The van der Waals surface area contributed by atoms with Crippen molar-refractivity contribution in [3.8, 4) is 0 Å². The topological polar surface area (TPSA) is 122 Å². The normalized spacial score (nSPS) is 14.9. The fourth-order valence-electron chi connectivity index (χ4n) is 3.01. The molecule has 1 heterocycles. The molecule has 4 N–H and O–H groups in total. The van der Waals surface area contributed by atoms with Crippen molar-refractivity contribution in [2.75, 3.05) is 38.3 Å². The molecule has 0 radical (unpaired) electrons. The summed E-state index contributed by atoms with van der Waals surface area (Å²) in [6.45, 7) is 1.51. The van der Waals surface area contributed by atoms with Crippen molar-refractivity contribution in [2.24, 2.45) is 16.5 Å². The van der Waals surface area contributed by atoms with Gasteiger partial charge in [0.05, 0.1) is 10.6 Å². The Morgan fingerprint density at radius 3 is 2.19 bits per heavy atom. The Balaban J connectivity index is 0.00000338. The molecular formula is C16H27Cl2N5O3S. The van der Waals surface area contributed by atoms with Gasteiger partial charge in [-0.2, -0.15) is 4.99 Å². The number of carbonyl (C=O) groups is 1. The molecule has 1 amide bonds. The number of halogens is 2. The smallest absolute Gasteiger partial charge is 0.280 e. The zero-order valence-electron chi connectivity index (χ0n) is 15.6. The van der Waals surface area contributed by atoms with Crippen molar-refractivity contribution in [3.05, 3.63) is 23.8 Å². The lowest BCUT2D eigenvalue weighted by Crippen LogP contribution is -2.42. The molecule has 0 saturated carbocycles. The highest BCUT2D eigenvalue weighted by Gasteiger charge is 2.25. The van der Waals surface area contributed by atoms with Crippen LogP contribution in [0, 0.1) is 0 Å². The van der Waals surface area contributed by atoms with Gasteiger partial charge >= 0.3 is 0 Å². The molecule has 2 rings (SSSR count). The largest absolute Gasteiger partial charge is 0.370 e. The summed E-state index contributed by atoms with van der Waals surface area (Å²) in [6, 6.07) is 5.04. The Labute approximate surface area is 172 Å². The zero-order valence-corrected chi connectivity index (χ0v) is 18.0. The van der Waals surface area contributed by atoms with Gasteiger partial charge < -0.3 is 21.3 Å². The Bertz CT molecular complexity index is 787. The predicted octanol–water partition coefficient (Wildman–Crippen LogP) is 0.878. The molecule has 154 valence electrons. The van der Waals surface area contributed by atoms with Gasteiger partial charge in [-0.15, -0.1) is 24.8 Å². The van der Waals surface area contributed by atoms with Crippen molar-refractivity contribution in [1.29, 1.82) is 0 Å². The Hall–Kier alpha value is -1.55. The molecule has 1 fully saturated rings. The summed E-state index contributed by atoms with van der Waals surface area (Å²) >= 11 is 0. The number of hydrogen-bond acceptors (Lipinski definition) is 5. The van der Waals surface area contributed by atoms with E-state index in [9.17, 15) is 13.2 Å². The van der Waals surface area contributed by atoms with Gasteiger partial charge in [0.2, 0.25) is 0 Å². The van der Waals surface area contributed by atoms with E-state index < -0.39 is 15.7 Å². The van der Waals surface area contributed by atoms with E-state index >= 15 is 0 Å². The van der Waals surface area contributed by atoms with Crippen LogP contribution in [0.2, 0.25) is 0 Å². The van der Waals surface area contributed by atoms with E-state index in [1.165, 1.54) is 6.07 Å². The van der Waals surface area contributed by atoms with Crippen molar-refractivity contribution < 1.29 is 13.2 Å². The van der Waals surface area contributed by atoms with Crippen LogP contribution in [0.5, 0.6) is 0 Å². The molecule has 0 aliphatic carbocycles. The molecule has 0 bridgehead atoms. The SMILES string of the molecule is CN(C)C1CCN(c2ccc(C(=O)N=C(N)N)cc2S(C)(=O)=O)CC1.Cl.Cl. The Morgan fingerprint density at radius 1 is 1.19 bits per heavy atom. The number of sulfone groups is 1. The van der Waals surface area contributed by atoms with Crippen LogP contribution < -0.4 is 16.4 Å². The van der Waals surface area contributed by atoms with E-state index in [-0.39, 0.29) is 41.2 Å². The number of amides is 1. The van der Waals surface area contributed by atoms with Gasteiger partial charge in [-0.3, -0.25) is 4.79 Å². The number of anilines is 1. The number of nitrogens with zero attached hydrogens (tertiary/aromatic N) is 3. The van der Waals surface area contributed by atoms with Crippen molar-refractivity contribution in [3.63, 3.8) is 0 Å². The third-order valence-electron chi connectivity index (χ3n) is 4.37. The number of hydrogen-bond donors (Lipinski definition) is 2. The van der Waals surface area contributed by atoms with Crippen LogP contribution >= 0.6 is 24.8 Å². The van der Waals surface area contributed by atoms with Gasteiger partial charge in [-0.1, -0.05) is 0 Å². The lowest BCUT2D eigenvalue weighted by molar-refractivity contribution is 0.100. The molecule has 1 aliphatic rings. The van der Waals surface area contributed by atoms with E-state index in [4.69, 9.17) is 11.5 Å². The summed E-state index contributed by atoms with van der Waals surface area (Å²) in [4.78, 5) is 19.8. The van der Waals surface area contributed by atoms with E-state index in [0.717, 1.165) is 32.2 Å². The van der Waals surface area contributed by atoms with Crippen molar-refractivity contribution in [1.82, 2.24) is 4.90 Å². The lowest BCUT2D eigenvalue weighted by atomic mass is 10.0. The van der Waals surface area contributed by atoms with Crippen LogP contribution in [0.4, 0.5) is 5.69 Å². The molecule has 0 aromatic heterocycles. The number of benzene rings is 1. The van der Waals surface area contributed by atoms with Crippen LogP contribution in [0.25, 0.3) is 0 Å². The predicted molar refractivity (Wildman–Crippen MR) is 113 cm³/mol. The molecular weight excluding hydrogens is 413 g/mol. The minimum Gasteiger partial charge on any atom is -0.370 e. The molecule has 0 spiro atoms. The molecule has 0 atom stereocenters. The highest BCUT2D eigenvalue weighted by Crippen LogP contribution is 2.30. The second-order valence-corrected chi connectivity index (χ2v) is 8.46. The van der Waals surface area contributed by atoms with E-state index in [0.29, 0.717) is 11.7 Å². The Morgan fingerprint density at radius 2 is 1.74 bits per heavy atom. The minimum absolute atomic E-state index is 0. The highest BCUT2D eigenvalue weighted by molar-refractivity contribution is 7.90. The number of aliphatic imine (C=N–C) groups is 1. The average molecular weight is 440 g/mol.